The van der Waals surface area contributed by atoms with Gasteiger partial charge in [0.25, 0.3) is 11.8 Å². The summed E-state index contributed by atoms with van der Waals surface area (Å²) in [5.41, 5.74) is 1.17. The van der Waals surface area contributed by atoms with E-state index in [0.29, 0.717) is 22.2 Å². The van der Waals surface area contributed by atoms with Crippen LogP contribution < -0.4 is 4.90 Å². The standard InChI is InChI=1S/C21H16N4O4S/c1-2-11-24-20(29)18(30-21(24)23-15-9-5-6-10-22-15)17-13-7-3-4-8-14(13)25(19(17)28)12-16(26)27/h2-10H,1,11-12H2,(H,26,27)/b18-17-,23-21+. The van der Waals surface area contributed by atoms with Gasteiger partial charge in [-0.15, -0.1) is 6.58 Å². The average molecular weight is 420 g/mol. The van der Waals surface area contributed by atoms with E-state index >= 15 is 0 Å². The van der Waals surface area contributed by atoms with Crippen molar-refractivity contribution < 1.29 is 19.5 Å². The van der Waals surface area contributed by atoms with Crippen molar-refractivity contribution in [2.45, 2.75) is 0 Å². The zero-order chi connectivity index (χ0) is 21.3. The third-order valence-corrected chi connectivity index (χ3v) is 5.56. The second-order valence-electron chi connectivity index (χ2n) is 6.40. The Morgan fingerprint density at radius 1 is 1.13 bits per heavy atom. The number of pyridine rings is 1. The molecule has 0 spiro atoms. The van der Waals surface area contributed by atoms with Crippen molar-refractivity contribution in [2.24, 2.45) is 4.99 Å². The zero-order valence-corrected chi connectivity index (χ0v) is 16.5. The van der Waals surface area contributed by atoms with Crippen molar-refractivity contribution in [1.82, 2.24) is 9.88 Å². The van der Waals surface area contributed by atoms with E-state index in [1.807, 2.05) is 0 Å². The maximum Gasteiger partial charge on any atom is 0.323 e. The van der Waals surface area contributed by atoms with Crippen LogP contribution in [-0.4, -0.2) is 51.0 Å². The first-order valence-corrected chi connectivity index (χ1v) is 9.80. The number of rotatable bonds is 5. The van der Waals surface area contributed by atoms with E-state index in [9.17, 15) is 19.5 Å². The van der Waals surface area contributed by atoms with E-state index in [1.165, 1.54) is 9.80 Å². The van der Waals surface area contributed by atoms with E-state index in [0.717, 1.165) is 11.8 Å². The Labute approximate surface area is 176 Å². The van der Waals surface area contributed by atoms with Crippen molar-refractivity contribution in [3.63, 3.8) is 0 Å². The number of amides is 2. The molecular weight excluding hydrogens is 404 g/mol. The summed E-state index contributed by atoms with van der Waals surface area (Å²) in [6.45, 7) is 3.41. The first-order valence-electron chi connectivity index (χ1n) is 8.99. The van der Waals surface area contributed by atoms with Crippen LogP contribution in [0.25, 0.3) is 5.57 Å². The maximum atomic E-state index is 13.2. The lowest BCUT2D eigenvalue weighted by molar-refractivity contribution is -0.136. The molecular formula is C21H16N4O4S. The number of para-hydroxylation sites is 1. The summed E-state index contributed by atoms with van der Waals surface area (Å²) < 4.78 is 0. The second kappa shape index (κ2) is 7.96. The van der Waals surface area contributed by atoms with Crippen LogP contribution in [0.2, 0.25) is 0 Å². The molecule has 9 heteroatoms. The van der Waals surface area contributed by atoms with E-state index in [1.54, 1.807) is 54.7 Å². The van der Waals surface area contributed by atoms with Crippen LogP contribution in [0.15, 0.2) is 71.2 Å². The number of thioether (sulfide) groups is 1. The number of amidine groups is 1. The fourth-order valence-electron chi connectivity index (χ4n) is 3.24. The van der Waals surface area contributed by atoms with Crippen LogP contribution in [-0.2, 0) is 14.4 Å². The number of fused-ring (bicyclic) bond motifs is 1. The van der Waals surface area contributed by atoms with Crippen LogP contribution in [0, 0.1) is 0 Å². The van der Waals surface area contributed by atoms with Gasteiger partial charge < -0.3 is 5.11 Å². The molecule has 2 aliphatic heterocycles. The molecule has 1 N–H and O–H groups in total. The number of benzene rings is 1. The number of hydrogen-bond donors (Lipinski definition) is 1. The van der Waals surface area contributed by atoms with Gasteiger partial charge in [-0.05, 0) is 30.0 Å². The molecule has 2 aliphatic rings. The molecule has 4 rings (SSSR count). The van der Waals surface area contributed by atoms with E-state index < -0.39 is 18.4 Å². The van der Waals surface area contributed by atoms with Crippen molar-refractivity contribution in [3.8, 4) is 0 Å². The highest BCUT2D eigenvalue weighted by molar-refractivity contribution is 8.18. The third-order valence-electron chi connectivity index (χ3n) is 4.48. The lowest BCUT2D eigenvalue weighted by Crippen LogP contribution is -2.33. The summed E-state index contributed by atoms with van der Waals surface area (Å²) in [7, 11) is 0. The molecule has 0 unspecified atom stereocenters. The summed E-state index contributed by atoms with van der Waals surface area (Å²) in [6, 6.07) is 12.1. The topological polar surface area (TPSA) is 103 Å². The Hall–Kier alpha value is -3.72. The quantitative estimate of drug-likeness (QED) is 0.589. The molecule has 0 radical (unpaired) electrons. The van der Waals surface area contributed by atoms with Crippen LogP contribution in [0.5, 0.6) is 0 Å². The summed E-state index contributed by atoms with van der Waals surface area (Å²) in [5.74, 6) is -1.61. The van der Waals surface area contributed by atoms with Gasteiger partial charge in [0, 0.05) is 18.3 Å². The molecule has 2 aromatic rings. The SMILES string of the molecule is C=CCN1C(=O)/C(=C2/C(=O)N(CC(=O)O)c3ccccc32)S/C1=N/c1ccccn1. The molecule has 1 aromatic heterocycles. The minimum atomic E-state index is -1.14. The van der Waals surface area contributed by atoms with E-state index in [-0.39, 0.29) is 22.9 Å². The molecule has 0 bridgehead atoms. The minimum absolute atomic E-state index is 0.183. The molecule has 30 heavy (non-hydrogen) atoms. The van der Waals surface area contributed by atoms with Crippen LogP contribution in [0.4, 0.5) is 11.5 Å². The number of nitrogens with zero attached hydrogens (tertiary/aromatic N) is 4. The number of carboxylic acid groups (broad SMARTS) is 1. The van der Waals surface area contributed by atoms with E-state index in [2.05, 4.69) is 16.6 Å². The van der Waals surface area contributed by atoms with Gasteiger partial charge in [-0.25, -0.2) is 9.98 Å². The Morgan fingerprint density at radius 3 is 2.60 bits per heavy atom. The Kier molecular flexibility index (Phi) is 5.20. The number of aromatic nitrogens is 1. The van der Waals surface area contributed by atoms with Crippen LogP contribution in [0.3, 0.4) is 0 Å². The van der Waals surface area contributed by atoms with Crippen molar-refractivity contribution in [1.29, 1.82) is 0 Å². The number of aliphatic imine (C=N–C) groups is 1. The van der Waals surface area contributed by atoms with E-state index in [4.69, 9.17) is 0 Å². The smallest absolute Gasteiger partial charge is 0.323 e. The first-order chi connectivity index (χ1) is 14.5. The number of aliphatic carboxylic acids is 1. The van der Waals surface area contributed by atoms with Crippen LogP contribution in [0.1, 0.15) is 5.56 Å². The highest BCUT2D eigenvalue weighted by atomic mass is 32.2. The minimum Gasteiger partial charge on any atom is -0.480 e. The lowest BCUT2D eigenvalue weighted by atomic mass is 10.1. The molecule has 1 fully saturated rings. The molecule has 1 aromatic carbocycles. The number of carboxylic acids is 1. The third kappa shape index (κ3) is 3.39. The van der Waals surface area contributed by atoms with Gasteiger partial charge in [0.2, 0.25) is 0 Å². The fourth-order valence-corrected chi connectivity index (χ4v) is 4.33. The van der Waals surface area contributed by atoms with Gasteiger partial charge in [0.1, 0.15) is 6.54 Å². The largest absolute Gasteiger partial charge is 0.480 e. The molecule has 150 valence electrons. The van der Waals surface area contributed by atoms with Gasteiger partial charge in [0.15, 0.2) is 11.0 Å². The van der Waals surface area contributed by atoms with Crippen molar-refractivity contribution >= 4 is 51.8 Å². The maximum absolute atomic E-state index is 13.2. The Balaban J connectivity index is 1.83. The monoisotopic (exact) mass is 420 g/mol. The summed E-state index contributed by atoms with van der Waals surface area (Å²) in [5, 5.41) is 9.59. The zero-order valence-electron chi connectivity index (χ0n) is 15.7. The molecule has 8 nitrogen and oxygen atoms in total. The second-order valence-corrected chi connectivity index (χ2v) is 7.37. The number of carbonyl (C=O) groups excluding carboxylic acids is 2. The molecule has 0 aliphatic carbocycles. The number of hydrogen-bond acceptors (Lipinski definition) is 6. The van der Waals surface area contributed by atoms with Gasteiger partial charge in [0.05, 0.1) is 16.2 Å². The Morgan fingerprint density at radius 2 is 1.90 bits per heavy atom. The predicted molar refractivity (Wildman–Crippen MR) is 114 cm³/mol. The Bertz CT molecular complexity index is 1130. The summed E-state index contributed by atoms with van der Waals surface area (Å²) in [4.78, 5) is 49.0. The average Bonchev–Trinajstić information content (AvgIpc) is 3.17. The molecule has 3 heterocycles. The van der Waals surface area contributed by atoms with Crippen molar-refractivity contribution in [3.05, 3.63) is 71.8 Å². The summed E-state index contributed by atoms with van der Waals surface area (Å²) in [6.07, 6.45) is 3.17. The molecule has 2 amide bonds. The molecule has 0 atom stereocenters. The lowest BCUT2D eigenvalue weighted by Gasteiger charge is -2.13. The number of anilines is 1. The molecule has 0 saturated carbocycles. The molecule has 1 saturated heterocycles. The summed E-state index contributed by atoms with van der Waals surface area (Å²) >= 11 is 1.07. The van der Waals surface area contributed by atoms with Gasteiger partial charge in [-0.3, -0.25) is 24.2 Å². The van der Waals surface area contributed by atoms with Gasteiger partial charge >= 0.3 is 5.97 Å². The van der Waals surface area contributed by atoms with Gasteiger partial charge in [-0.1, -0.05) is 30.3 Å². The highest BCUT2D eigenvalue weighted by Gasteiger charge is 2.42. The first kappa shape index (κ1) is 19.6. The van der Waals surface area contributed by atoms with Crippen molar-refractivity contribution in [2.75, 3.05) is 18.0 Å². The number of carbonyl (C=O) groups is 3. The highest BCUT2D eigenvalue weighted by Crippen LogP contribution is 2.44. The predicted octanol–water partition coefficient (Wildman–Crippen LogP) is 2.67. The van der Waals surface area contributed by atoms with Crippen LogP contribution >= 0.6 is 11.8 Å². The normalized spacial score (nSPS) is 19.5. The fraction of sp³-hybridized carbons (Fsp3) is 0.0952. The van der Waals surface area contributed by atoms with Gasteiger partial charge in [-0.2, -0.15) is 0 Å².